The van der Waals surface area contributed by atoms with Gasteiger partial charge in [0.15, 0.2) is 5.78 Å². The molecule has 8 N–H and O–H groups in total. The first-order chi connectivity index (χ1) is 49.9. The Morgan fingerprint density at radius 2 is 0.827 bits per heavy atom. The van der Waals surface area contributed by atoms with Gasteiger partial charge in [-0.05, 0) is 328 Å². The number of esters is 7. The Morgan fingerprint density at radius 3 is 1.33 bits per heavy atom. The molecule has 6 aromatic carbocycles. The molecule has 0 aliphatic heterocycles. The molecule has 23 heteroatoms. The Morgan fingerprint density at radius 1 is 0.433 bits per heavy atom. The molecule has 5 saturated carbocycles. The second-order valence-corrected chi connectivity index (χ2v) is 27.4. The molecule has 7 aromatic rings. The number of carbonyl (C=O) groups is 8. The summed E-state index contributed by atoms with van der Waals surface area (Å²) in [4.78, 5) is 97.5. The number of nitrogens with two attached hydrogens (primary N) is 4. The number of nitrogens with zero attached hydrogens (tertiary/aromatic N) is 1. The second-order valence-electron chi connectivity index (χ2n) is 25.3. The minimum absolute atomic E-state index is 0.137. The van der Waals surface area contributed by atoms with Crippen LogP contribution in [0.1, 0.15) is 249 Å². The highest BCUT2D eigenvalue weighted by molar-refractivity contribution is 9.11. The van der Waals surface area contributed by atoms with E-state index in [9.17, 15) is 38.4 Å². The van der Waals surface area contributed by atoms with Crippen LogP contribution in [0.15, 0.2) is 118 Å². The van der Waals surface area contributed by atoms with E-state index >= 15 is 0 Å². The number of aromatic nitrogens is 1. The molecule has 0 atom stereocenters. The molecule has 13 rings (SSSR count). The van der Waals surface area contributed by atoms with Gasteiger partial charge in [-0.25, -0.2) is 38.5 Å². The number of allylic oxidation sites excluding steroid dienone is 1. The van der Waals surface area contributed by atoms with Gasteiger partial charge >= 0.3 is 41.8 Å². The monoisotopic (exact) mass is 1570 g/mol. The molecule has 20 nitrogen and oxygen atoms in total. The molecule has 0 radical (unpaired) electrons. The number of hydrogen-bond acceptors (Lipinski definition) is 20. The van der Waals surface area contributed by atoms with Crippen LogP contribution in [0.3, 0.4) is 0 Å². The number of ether oxygens (including phenoxy) is 7. The van der Waals surface area contributed by atoms with Crippen molar-refractivity contribution >= 4 is 137 Å². The molecular weight excluding hydrogens is 1480 g/mol. The number of nitrogen functional groups attached to an aromatic ring is 4. The van der Waals surface area contributed by atoms with Gasteiger partial charge in [0.1, 0.15) is 5.15 Å². The molecule has 104 heavy (non-hydrogen) atoms. The molecule has 5 fully saturated rings. The van der Waals surface area contributed by atoms with Gasteiger partial charge in [-0.1, -0.05) is 17.7 Å². The van der Waals surface area contributed by atoms with Crippen molar-refractivity contribution in [1.29, 1.82) is 0 Å². The van der Waals surface area contributed by atoms with Crippen molar-refractivity contribution < 1.29 is 71.5 Å². The van der Waals surface area contributed by atoms with Crippen LogP contribution in [0.2, 0.25) is 5.15 Å². The summed E-state index contributed by atoms with van der Waals surface area (Å²) in [7, 11) is 0. The van der Waals surface area contributed by atoms with Gasteiger partial charge in [-0.2, -0.15) is 0 Å². The van der Waals surface area contributed by atoms with Crippen LogP contribution < -0.4 is 22.9 Å². The normalized spacial score (nSPS) is 14.5. The number of hydrogen-bond donors (Lipinski definition) is 4. The SMILES string of the molecule is CCOC(=O)/C=C/c1cc(C(=O)OCC)cc(C2CC2)c1N.CCOC(=O)c1cc(Br)c(N)c(C2CC2)c1.CCOC(=O)c1cc(C2CC2)c2nc(Cl)ccc2c1.CCOC(=O)c1cc2c(c(C3CC3)c1)CC(=O)C=C2.CCOC(=O)c1ccc(N)c(Br)c1.CCOC(=O)c1ccc(N)c(C2CC2)c1. The molecule has 0 unspecified atom stereocenters. The smallest absolute Gasteiger partial charge is 0.338 e. The van der Waals surface area contributed by atoms with Gasteiger partial charge < -0.3 is 56.1 Å². The molecule has 0 amide bonds. The van der Waals surface area contributed by atoms with E-state index in [1.54, 1.807) is 108 Å². The van der Waals surface area contributed by atoms with Crippen LogP contribution in [-0.2, 0) is 49.2 Å². The molecule has 6 aliphatic carbocycles. The number of rotatable bonds is 20. The predicted molar refractivity (Wildman–Crippen MR) is 411 cm³/mol. The third-order valence-corrected chi connectivity index (χ3v) is 18.8. The van der Waals surface area contributed by atoms with Gasteiger partial charge in [0.25, 0.3) is 0 Å². The Labute approximate surface area is 628 Å². The fourth-order valence-corrected chi connectivity index (χ4v) is 12.3. The van der Waals surface area contributed by atoms with Crippen molar-refractivity contribution in [2.45, 2.75) is 149 Å². The molecular formula is C81H90Br2ClN5O15. The highest BCUT2D eigenvalue weighted by atomic mass is 79.9. The summed E-state index contributed by atoms with van der Waals surface area (Å²) in [6.07, 6.45) is 18.2. The number of pyridine rings is 1. The van der Waals surface area contributed by atoms with Gasteiger partial charge in [0.2, 0.25) is 0 Å². The maximum atomic E-state index is 12.0. The molecule has 6 aliphatic rings. The first kappa shape index (κ1) is 80.3. The fourth-order valence-electron chi connectivity index (χ4n) is 11.3. The lowest BCUT2D eigenvalue weighted by Gasteiger charge is -2.16. The summed E-state index contributed by atoms with van der Waals surface area (Å²) in [6, 6.07) is 28.5. The Kier molecular flexibility index (Phi) is 29.7. The van der Waals surface area contributed by atoms with E-state index in [0.717, 1.165) is 111 Å². The number of benzene rings is 6. The lowest BCUT2D eigenvalue weighted by atomic mass is 9.88. The van der Waals surface area contributed by atoms with E-state index in [4.69, 9.17) is 67.7 Å². The minimum Gasteiger partial charge on any atom is -0.463 e. The molecule has 550 valence electrons. The molecule has 1 aromatic heterocycles. The average Bonchev–Trinajstić information content (AvgIpc) is 1.45. The van der Waals surface area contributed by atoms with Crippen molar-refractivity contribution in [2.24, 2.45) is 0 Å². The van der Waals surface area contributed by atoms with Crippen LogP contribution >= 0.6 is 43.5 Å². The summed E-state index contributed by atoms with van der Waals surface area (Å²) in [6.45, 7) is 15.0. The minimum atomic E-state index is -0.434. The van der Waals surface area contributed by atoms with Gasteiger partial charge in [0, 0.05) is 49.6 Å². The van der Waals surface area contributed by atoms with Crippen LogP contribution in [-0.4, -0.2) is 98.8 Å². The van der Waals surface area contributed by atoms with Gasteiger partial charge in [-0.3, -0.25) is 4.79 Å². The van der Waals surface area contributed by atoms with Crippen molar-refractivity contribution in [3.05, 3.63) is 201 Å². The van der Waals surface area contributed by atoms with Gasteiger partial charge in [0.05, 0.1) is 85.1 Å². The molecule has 0 bridgehead atoms. The van der Waals surface area contributed by atoms with Crippen LogP contribution in [0.25, 0.3) is 23.1 Å². The van der Waals surface area contributed by atoms with Crippen molar-refractivity contribution in [1.82, 2.24) is 4.98 Å². The third-order valence-electron chi connectivity index (χ3n) is 17.2. The highest BCUT2D eigenvalue weighted by Gasteiger charge is 2.33. The number of ketones is 1. The van der Waals surface area contributed by atoms with E-state index in [1.165, 1.54) is 24.5 Å². The lowest BCUT2D eigenvalue weighted by Crippen LogP contribution is -2.12. The predicted octanol–water partition coefficient (Wildman–Crippen LogP) is 17.3. The van der Waals surface area contributed by atoms with E-state index in [0.29, 0.717) is 142 Å². The van der Waals surface area contributed by atoms with Crippen LogP contribution in [0.5, 0.6) is 0 Å². The third kappa shape index (κ3) is 23.1. The van der Waals surface area contributed by atoms with Crippen molar-refractivity contribution in [3.8, 4) is 0 Å². The van der Waals surface area contributed by atoms with Crippen LogP contribution in [0, 0.1) is 0 Å². The van der Waals surface area contributed by atoms with E-state index in [2.05, 4.69) is 36.8 Å². The summed E-state index contributed by atoms with van der Waals surface area (Å²) in [5, 5.41) is 1.43. The van der Waals surface area contributed by atoms with E-state index in [-0.39, 0.29) is 41.6 Å². The first-order valence-corrected chi connectivity index (χ1v) is 37.2. The Hall–Kier alpha value is -9.38. The number of anilines is 4. The maximum absolute atomic E-state index is 12.0. The zero-order chi connectivity index (χ0) is 75.3. The van der Waals surface area contributed by atoms with E-state index < -0.39 is 5.97 Å². The molecule has 0 spiro atoms. The van der Waals surface area contributed by atoms with Crippen molar-refractivity contribution in [3.63, 3.8) is 0 Å². The first-order valence-electron chi connectivity index (χ1n) is 35.3. The Balaban J connectivity index is 0.000000159. The second kappa shape index (κ2) is 38.4. The molecule has 0 saturated heterocycles. The van der Waals surface area contributed by atoms with Crippen molar-refractivity contribution in [2.75, 3.05) is 69.2 Å². The van der Waals surface area contributed by atoms with Gasteiger partial charge in [-0.15, -0.1) is 0 Å². The highest BCUT2D eigenvalue weighted by Crippen LogP contribution is 2.48. The maximum Gasteiger partial charge on any atom is 0.338 e. The number of fused-ring (bicyclic) bond motifs is 2. The lowest BCUT2D eigenvalue weighted by molar-refractivity contribution is -0.137. The topological polar surface area (TPSA) is 318 Å². The average molecular weight is 1570 g/mol. The van der Waals surface area contributed by atoms with Crippen LogP contribution in [0.4, 0.5) is 22.7 Å². The fraction of sp³-hybridized carbons (Fsp3) is 0.370. The number of carbonyl (C=O) groups excluding carboxylic acids is 8. The quantitative estimate of drug-likeness (QED) is 0.0181. The zero-order valence-electron chi connectivity index (χ0n) is 59.7. The Bertz CT molecular complexity index is 4380. The summed E-state index contributed by atoms with van der Waals surface area (Å²) >= 11 is 12.6. The summed E-state index contributed by atoms with van der Waals surface area (Å²) in [5.74, 6) is 0.371. The zero-order valence-corrected chi connectivity index (χ0v) is 63.6. The standard InChI is InChI=1S/C17H21NO4.C16H16O3.C15H14ClNO2.C12H14BrNO2.C12H15NO2.C9H10BrNO2/c1-3-21-15(19)8-7-12-9-13(17(20)22-4-2)10-14(16(12)18)11-5-6-11;1-2-19-16(18)12-7-11-5-6-13(17)9-15(11)14(8-12)10-3-4-10;1-2-19-15(18)11-7-10-5-6-13(16)17-14(10)12(8-11)9-3-4-9;1-2-16-12(15)8-5-9(7-3-4-7)11(14)10(13)6-8;1-2-15-12(14)9-5-6-11(13)10(7-9)8-3-4-8;1-2-13-9(12)6-3-4-8(11)7(10)5-6/h7-11H,3-6,18H2,1-2H3;5-8,10H,2-4,9H2,1H3;5-9H,2-4H2,1H3;5-7H,2-4,14H2,1H3;5-8H,2-4,13H2,1H3;3-5H,2,11H2,1H3/b8-7+;;;;;. The summed E-state index contributed by atoms with van der Waals surface area (Å²) in [5.41, 5.74) is 38.7. The molecule has 1 heterocycles. The number of halogens is 3. The largest absolute Gasteiger partial charge is 0.463 e. The summed E-state index contributed by atoms with van der Waals surface area (Å²) < 4.78 is 36.3. The van der Waals surface area contributed by atoms with E-state index in [1.807, 2.05) is 55.5 Å².